The molecule has 4 heteroatoms. The summed E-state index contributed by atoms with van der Waals surface area (Å²) in [7, 11) is 0. The van der Waals surface area contributed by atoms with Gasteiger partial charge in [0, 0.05) is 11.4 Å². The summed E-state index contributed by atoms with van der Waals surface area (Å²) >= 11 is 3.46. The second-order valence-electron chi connectivity index (χ2n) is 3.62. The highest BCUT2D eigenvalue weighted by Gasteiger charge is 2.07. The summed E-state index contributed by atoms with van der Waals surface area (Å²) in [6.07, 6.45) is 3.53. The van der Waals surface area contributed by atoms with Crippen LogP contribution in [-0.2, 0) is 0 Å². The zero-order chi connectivity index (χ0) is 11.3. The van der Waals surface area contributed by atoms with Gasteiger partial charge in [-0.3, -0.25) is 4.79 Å². The first-order valence-electron chi connectivity index (χ1n) is 5.07. The molecule has 1 heterocycles. The van der Waals surface area contributed by atoms with Gasteiger partial charge in [-0.15, -0.1) is 0 Å². The van der Waals surface area contributed by atoms with E-state index >= 15 is 0 Å². The number of carbonyl (C=O) groups excluding carboxylic acids is 1. The number of carbonyl (C=O) groups is 1. The Bertz CT molecular complexity index is 320. The molecule has 0 aliphatic rings. The summed E-state index contributed by atoms with van der Waals surface area (Å²) in [4.78, 5) is 12.0. The number of nitrogens with one attached hydrogen (secondary N) is 1. The topological polar surface area (TPSA) is 42.2 Å². The molecule has 0 saturated carbocycles. The molecule has 0 radical (unpaired) electrons. The van der Waals surface area contributed by atoms with Crippen molar-refractivity contribution < 1.29 is 9.21 Å². The minimum absolute atomic E-state index is 0.0610. The number of aryl methyl sites for hydroxylation is 1. The van der Waals surface area contributed by atoms with Gasteiger partial charge in [0.25, 0.3) is 5.91 Å². The van der Waals surface area contributed by atoms with Crippen molar-refractivity contribution in [1.29, 1.82) is 0 Å². The first-order chi connectivity index (χ1) is 7.09. The molecule has 0 bridgehead atoms. The highest BCUT2D eigenvalue weighted by Crippen LogP contribution is 2.07. The Hall–Kier alpha value is -0.770. The van der Waals surface area contributed by atoms with E-state index in [-0.39, 0.29) is 5.91 Å². The third kappa shape index (κ3) is 4.51. The molecule has 0 aromatic carbocycles. The predicted molar refractivity (Wildman–Crippen MR) is 63.4 cm³/mol. The van der Waals surface area contributed by atoms with Crippen molar-refractivity contribution in [3.63, 3.8) is 0 Å². The average Bonchev–Trinajstić information content (AvgIpc) is 2.59. The summed E-state index contributed by atoms with van der Waals surface area (Å²) in [5.74, 6) is 0.698. The van der Waals surface area contributed by atoms with E-state index in [1.165, 1.54) is 6.26 Å². The Labute approximate surface area is 98.4 Å². The molecule has 1 unspecified atom stereocenters. The Morgan fingerprint density at radius 2 is 2.40 bits per heavy atom. The summed E-state index contributed by atoms with van der Waals surface area (Å²) in [5, 5.41) is 2.85. The van der Waals surface area contributed by atoms with E-state index in [2.05, 4.69) is 28.2 Å². The molecule has 1 N–H and O–H groups in total. The van der Waals surface area contributed by atoms with E-state index in [4.69, 9.17) is 4.42 Å². The van der Waals surface area contributed by atoms with E-state index in [9.17, 15) is 4.79 Å². The van der Waals surface area contributed by atoms with Crippen LogP contribution < -0.4 is 5.32 Å². The number of halogens is 1. The first-order valence-corrected chi connectivity index (χ1v) is 5.98. The number of hydrogen-bond donors (Lipinski definition) is 1. The van der Waals surface area contributed by atoms with Crippen LogP contribution in [0.2, 0.25) is 0 Å². The van der Waals surface area contributed by atoms with E-state index in [0.717, 1.165) is 18.6 Å². The van der Waals surface area contributed by atoms with E-state index in [1.54, 1.807) is 6.07 Å². The average molecular weight is 274 g/mol. The lowest BCUT2D eigenvalue weighted by Crippen LogP contribution is -2.24. The van der Waals surface area contributed by atoms with Crippen LogP contribution in [0.3, 0.4) is 0 Å². The largest absolute Gasteiger partial charge is 0.469 e. The van der Waals surface area contributed by atoms with Crippen LogP contribution in [0.5, 0.6) is 0 Å². The summed E-state index contributed by atoms with van der Waals surface area (Å²) in [5.41, 5.74) is 0.597. The van der Waals surface area contributed by atoms with Crippen LogP contribution in [0.4, 0.5) is 0 Å². The zero-order valence-electron chi connectivity index (χ0n) is 9.05. The Morgan fingerprint density at radius 1 is 1.67 bits per heavy atom. The molecule has 84 valence electrons. The van der Waals surface area contributed by atoms with Crippen LogP contribution in [0.15, 0.2) is 16.7 Å². The van der Waals surface area contributed by atoms with Gasteiger partial charge in [-0.1, -0.05) is 22.9 Å². The molecule has 0 fully saturated rings. The minimum atomic E-state index is -0.0610. The quantitative estimate of drug-likeness (QED) is 0.662. The fourth-order valence-electron chi connectivity index (χ4n) is 1.25. The van der Waals surface area contributed by atoms with Crippen molar-refractivity contribution >= 4 is 21.8 Å². The van der Waals surface area contributed by atoms with Crippen LogP contribution >= 0.6 is 15.9 Å². The maximum atomic E-state index is 11.5. The van der Waals surface area contributed by atoms with Crippen molar-refractivity contribution in [3.8, 4) is 0 Å². The monoisotopic (exact) mass is 273 g/mol. The fraction of sp³-hybridized carbons (Fsp3) is 0.545. The first kappa shape index (κ1) is 12.3. The number of amides is 1. The minimum Gasteiger partial charge on any atom is -0.469 e. The standard InChI is InChI=1S/C11H16BrNO2/c1-8(12)4-3-5-13-11(14)10-6-9(2)15-7-10/h6-8H,3-5H2,1-2H3,(H,13,14). The van der Waals surface area contributed by atoms with Crippen LogP contribution in [0.25, 0.3) is 0 Å². The lowest BCUT2D eigenvalue weighted by atomic mass is 10.2. The summed E-state index contributed by atoms with van der Waals surface area (Å²) in [6.45, 7) is 4.63. The lowest BCUT2D eigenvalue weighted by Gasteiger charge is -2.04. The number of rotatable bonds is 5. The molecular formula is C11H16BrNO2. The summed E-state index contributed by atoms with van der Waals surface area (Å²) < 4.78 is 5.06. The Morgan fingerprint density at radius 3 is 2.93 bits per heavy atom. The van der Waals surface area contributed by atoms with Gasteiger partial charge in [0.1, 0.15) is 12.0 Å². The second-order valence-corrected chi connectivity index (χ2v) is 5.19. The highest BCUT2D eigenvalue weighted by molar-refractivity contribution is 9.09. The maximum Gasteiger partial charge on any atom is 0.254 e. The molecule has 1 aromatic heterocycles. The number of hydrogen-bond acceptors (Lipinski definition) is 2. The van der Waals surface area contributed by atoms with Gasteiger partial charge in [-0.2, -0.15) is 0 Å². The molecule has 0 aliphatic carbocycles. The molecule has 3 nitrogen and oxygen atoms in total. The predicted octanol–water partition coefficient (Wildman–Crippen LogP) is 2.88. The fourth-order valence-corrected chi connectivity index (χ4v) is 1.57. The van der Waals surface area contributed by atoms with Crippen molar-refractivity contribution in [1.82, 2.24) is 5.32 Å². The van der Waals surface area contributed by atoms with Gasteiger partial charge < -0.3 is 9.73 Å². The van der Waals surface area contributed by atoms with Gasteiger partial charge in [0.2, 0.25) is 0 Å². The van der Waals surface area contributed by atoms with E-state index in [0.29, 0.717) is 16.9 Å². The van der Waals surface area contributed by atoms with Crippen molar-refractivity contribution in [2.45, 2.75) is 31.5 Å². The molecule has 15 heavy (non-hydrogen) atoms. The Kier molecular flexibility index (Phi) is 4.88. The van der Waals surface area contributed by atoms with E-state index < -0.39 is 0 Å². The van der Waals surface area contributed by atoms with Gasteiger partial charge in [0.05, 0.1) is 5.56 Å². The second kappa shape index (κ2) is 5.95. The molecule has 1 rings (SSSR count). The molecule has 0 saturated heterocycles. The van der Waals surface area contributed by atoms with Crippen molar-refractivity contribution in [3.05, 3.63) is 23.7 Å². The molecule has 0 spiro atoms. The van der Waals surface area contributed by atoms with Gasteiger partial charge >= 0.3 is 0 Å². The van der Waals surface area contributed by atoms with Gasteiger partial charge in [0.15, 0.2) is 0 Å². The molecular weight excluding hydrogens is 258 g/mol. The van der Waals surface area contributed by atoms with Crippen molar-refractivity contribution in [2.24, 2.45) is 0 Å². The van der Waals surface area contributed by atoms with E-state index in [1.807, 2.05) is 6.92 Å². The highest BCUT2D eigenvalue weighted by atomic mass is 79.9. The SMILES string of the molecule is Cc1cc(C(=O)NCCCC(C)Br)co1. The van der Waals surface area contributed by atoms with Gasteiger partial charge in [-0.05, 0) is 25.8 Å². The molecule has 0 aliphatic heterocycles. The smallest absolute Gasteiger partial charge is 0.254 e. The number of alkyl halides is 1. The maximum absolute atomic E-state index is 11.5. The van der Waals surface area contributed by atoms with Crippen LogP contribution in [0.1, 0.15) is 35.9 Å². The summed E-state index contributed by atoms with van der Waals surface area (Å²) in [6, 6.07) is 1.74. The third-order valence-electron chi connectivity index (χ3n) is 2.06. The third-order valence-corrected chi connectivity index (χ3v) is 2.51. The van der Waals surface area contributed by atoms with Crippen LogP contribution in [-0.4, -0.2) is 17.3 Å². The Balaban J connectivity index is 2.25. The lowest BCUT2D eigenvalue weighted by molar-refractivity contribution is 0.0952. The molecule has 1 amide bonds. The molecule has 1 atom stereocenters. The van der Waals surface area contributed by atoms with Gasteiger partial charge in [-0.25, -0.2) is 0 Å². The number of furan rings is 1. The van der Waals surface area contributed by atoms with Crippen molar-refractivity contribution in [2.75, 3.05) is 6.54 Å². The zero-order valence-corrected chi connectivity index (χ0v) is 10.6. The molecule has 1 aromatic rings. The normalized spacial score (nSPS) is 12.5. The van der Waals surface area contributed by atoms with Crippen LogP contribution in [0, 0.1) is 6.92 Å².